The summed E-state index contributed by atoms with van der Waals surface area (Å²) in [6, 6.07) is 8.96. The van der Waals surface area contributed by atoms with Crippen LogP contribution in [0.3, 0.4) is 0 Å². The lowest BCUT2D eigenvalue weighted by atomic mass is 9.70. The summed E-state index contributed by atoms with van der Waals surface area (Å²) in [6.45, 7) is 6.06. The number of rotatable bonds is 4. The Labute approximate surface area is 130 Å². The second-order valence-corrected chi connectivity index (χ2v) is 6.33. The normalized spacial score (nSPS) is 11.8. The third-order valence-corrected chi connectivity index (χ3v) is 3.97. The molecular weight excluding hydrogens is 280 g/mol. The zero-order valence-corrected chi connectivity index (χ0v) is 13.0. The molecule has 118 valence electrons. The van der Waals surface area contributed by atoms with Crippen LogP contribution in [0.25, 0.3) is 0 Å². The van der Waals surface area contributed by atoms with E-state index in [4.69, 9.17) is 0 Å². The number of phenolic OH excluding ortho intramolecular Hbond substituents is 4. The van der Waals surface area contributed by atoms with Crippen molar-refractivity contribution >= 4 is 0 Å². The average Bonchev–Trinajstić information content (AvgIpc) is 2.36. The van der Waals surface area contributed by atoms with Gasteiger partial charge in [-0.2, -0.15) is 0 Å². The molecule has 2 rings (SSSR count). The highest BCUT2D eigenvalue weighted by atomic mass is 16.3. The first-order chi connectivity index (χ1) is 10.2. The molecule has 0 aliphatic carbocycles. The zero-order valence-electron chi connectivity index (χ0n) is 13.0. The highest BCUT2D eigenvalue weighted by Gasteiger charge is 2.34. The van der Waals surface area contributed by atoms with Crippen LogP contribution in [0.1, 0.15) is 38.3 Å². The molecule has 0 fully saturated rings. The molecule has 0 radical (unpaired) electrons. The Morgan fingerprint density at radius 3 is 1.55 bits per heavy atom. The molecule has 2 aromatic rings. The Morgan fingerprint density at radius 1 is 0.818 bits per heavy atom. The number of phenols is 4. The van der Waals surface area contributed by atoms with Gasteiger partial charge in [-0.25, -0.2) is 0 Å². The van der Waals surface area contributed by atoms with Crippen LogP contribution in [0.5, 0.6) is 23.0 Å². The van der Waals surface area contributed by atoms with Crippen LogP contribution in [-0.2, 0) is 5.41 Å². The van der Waals surface area contributed by atoms with Crippen molar-refractivity contribution in [2.45, 2.75) is 32.6 Å². The quantitative estimate of drug-likeness (QED) is 0.691. The largest absolute Gasteiger partial charge is 0.508 e. The van der Waals surface area contributed by atoms with Crippen molar-refractivity contribution in [2.75, 3.05) is 0 Å². The fourth-order valence-electron chi connectivity index (χ4n) is 3.15. The average molecular weight is 302 g/mol. The number of hydrogen-bond acceptors (Lipinski definition) is 4. The predicted octanol–water partition coefficient (Wildman–Crippen LogP) is 3.86. The lowest BCUT2D eigenvalue weighted by molar-refractivity contribution is 0.376. The molecule has 0 unspecified atom stereocenters. The third-order valence-electron chi connectivity index (χ3n) is 3.97. The van der Waals surface area contributed by atoms with E-state index < -0.39 is 5.41 Å². The Kier molecular flexibility index (Phi) is 4.22. The summed E-state index contributed by atoms with van der Waals surface area (Å²) in [5.41, 5.74) is 0.601. The van der Waals surface area contributed by atoms with Crippen molar-refractivity contribution < 1.29 is 20.4 Å². The van der Waals surface area contributed by atoms with Crippen LogP contribution in [0, 0.1) is 5.92 Å². The van der Waals surface area contributed by atoms with Crippen LogP contribution in [0.4, 0.5) is 0 Å². The van der Waals surface area contributed by atoms with Gasteiger partial charge in [-0.15, -0.1) is 0 Å². The standard InChI is InChI=1S/C18H22O4/c1-11(2)10-18(3,14-6-4-12(19)8-16(14)21)15-7-5-13(20)9-17(15)22/h4-9,11,19-22H,10H2,1-3H3. The maximum absolute atomic E-state index is 10.3. The second kappa shape index (κ2) is 5.79. The SMILES string of the molecule is CC(C)CC(C)(c1ccc(O)cc1O)c1ccc(O)cc1O. The lowest BCUT2D eigenvalue weighted by Gasteiger charge is -2.33. The van der Waals surface area contributed by atoms with Gasteiger partial charge in [0.25, 0.3) is 0 Å². The fourth-order valence-corrected chi connectivity index (χ4v) is 3.15. The van der Waals surface area contributed by atoms with E-state index in [1.54, 1.807) is 12.1 Å². The van der Waals surface area contributed by atoms with Crippen molar-refractivity contribution in [1.29, 1.82) is 0 Å². The molecule has 0 aromatic heterocycles. The zero-order chi connectivity index (χ0) is 16.5. The van der Waals surface area contributed by atoms with E-state index in [1.165, 1.54) is 24.3 Å². The molecule has 4 nitrogen and oxygen atoms in total. The van der Waals surface area contributed by atoms with E-state index >= 15 is 0 Å². The summed E-state index contributed by atoms with van der Waals surface area (Å²) in [7, 11) is 0. The van der Waals surface area contributed by atoms with Crippen LogP contribution in [-0.4, -0.2) is 20.4 Å². The maximum Gasteiger partial charge on any atom is 0.123 e. The van der Waals surface area contributed by atoms with Crippen LogP contribution >= 0.6 is 0 Å². The minimum absolute atomic E-state index is 0.0110. The summed E-state index contributed by atoms with van der Waals surface area (Å²) in [5.74, 6) is 0.254. The molecule has 0 saturated carbocycles. The Balaban J connectivity index is 2.66. The maximum atomic E-state index is 10.3. The van der Waals surface area contributed by atoms with Gasteiger partial charge < -0.3 is 20.4 Å². The first-order valence-electron chi connectivity index (χ1n) is 7.29. The summed E-state index contributed by atoms with van der Waals surface area (Å²) >= 11 is 0. The number of hydrogen-bond donors (Lipinski definition) is 4. The van der Waals surface area contributed by atoms with Crippen molar-refractivity contribution in [3.05, 3.63) is 47.5 Å². The molecule has 0 atom stereocenters. The predicted molar refractivity (Wildman–Crippen MR) is 85.5 cm³/mol. The Hall–Kier alpha value is -2.36. The molecule has 22 heavy (non-hydrogen) atoms. The van der Waals surface area contributed by atoms with Gasteiger partial charge in [0.05, 0.1) is 0 Å². The van der Waals surface area contributed by atoms with E-state index in [2.05, 4.69) is 13.8 Å². The molecule has 2 aromatic carbocycles. The van der Waals surface area contributed by atoms with E-state index in [0.29, 0.717) is 23.5 Å². The monoisotopic (exact) mass is 302 g/mol. The van der Waals surface area contributed by atoms with E-state index in [1.807, 2.05) is 6.92 Å². The number of benzene rings is 2. The first kappa shape index (κ1) is 16.0. The Bertz CT molecular complexity index is 625. The topological polar surface area (TPSA) is 80.9 Å². The van der Waals surface area contributed by atoms with E-state index in [0.717, 1.165) is 0 Å². The van der Waals surface area contributed by atoms with Gasteiger partial charge in [-0.3, -0.25) is 0 Å². The third kappa shape index (κ3) is 2.96. The highest BCUT2D eigenvalue weighted by Crippen LogP contribution is 2.46. The smallest absolute Gasteiger partial charge is 0.123 e. The summed E-state index contributed by atoms with van der Waals surface area (Å²) < 4.78 is 0. The van der Waals surface area contributed by atoms with Gasteiger partial charge in [0.1, 0.15) is 23.0 Å². The first-order valence-corrected chi connectivity index (χ1v) is 7.29. The highest BCUT2D eigenvalue weighted by molar-refractivity contribution is 5.53. The van der Waals surface area contributed by atoms with Crippen LogP contribution < -0.4 is 0 Å². The molecule has 0 saturated heterocycles. The summed E-state index contributed by atoms with van der Waals surface area (Å²) in [4.78, 5) is 0. The molecule has 4 heteroatoms. The van der Waals surface area contributed by atoms with Gasteiger partial charge in [0.15, 0.2) is 0 Å². The van der Waals surface area contributed by atoms with Gasteiger partial charge in [-0.1, -0.05) is 32.9 Å². The number of aromatic hydroxyl groups is 4. The molecular formula is C18H22O4. The summed E-state index contributed by atoms with van der Waals surface area (Å²) in [6.07, 6.45) is 0.684. The van der Waals surface area contributed by atoms with Crippen molar-refractivity contribution in [2.24, 2.45) is 5.92 Å². The van der Waals surface area contributed by atoms with E-state index in [-0.39, 0.29) is 23.0 Å². The molecule has 0 aliphatic heterocycles. The molecule has 4 N–H and O–H groups in total. The van der Waals surface area contributed by atoms with Crippen molar-refractivity contribution in [3.63, 3.8) is 0 Å². The minimum Gasteiger partial charge on any atom is -0.508 e. The van der Waals surface area contributed by atoms with Crippen molar-refractivity contribution in [1.82, 2.24) is 0 Å². The van der Waals surface area contributed by atoms with Gasteiger partial charge in [-0.05, 0) is 24.5 Å². The second-order valence-electron chi connectivity index (χ2n) is 6.33. The summed E-state index contributed by atoms with van der Waals surface area (Å²) in [5, 5.41) is 39.5. The van der Waals surface area contributed by atoms with Gasteiger partial charge >= 0.3 is 0 Å². The molecule has 0 heterocycles. The lowest BCUT2D eigenvalue weighted by Crippen LogP contribution is -2.26. The molecule has 0 spiro atoms. The van der Waals surface area contributed by atoms with Gasteiger partial charge in [0.2, 0.25) is 0 Å². The van der Waals surface area contributed by atoms with Crippen LogP contribution in [0.2, 0.25) is 0 Å². The minimum atomic E-state index is -0.649. The van der Waals surface area contributed by atoms with Crippen LogP contribution in [0.15, 0.2) is 36.4 Å². The Morgan fingerprint density at radius 2 is 1.23 bits per heavy atom. The van der Waals surface area contributed by atoms with Gasteiger partial charge in [0, 0.05) is 28.7 Å². The molecule has 0 aliphatic rings. The molecule has 0 bridgehead atoms. The van der Waals surface area contributed by atoms with Crippen molar-refractivity contribution in [3.8, 4) is 23.0 Å². The molecule has 0 amide bonds. The fraction of sp³-hybridized carbons (Fsp3) is 0.333. The van der Waals surface area contributed by atoms with E-state index in [9.17, 15) is 20.4 Å².